The van der Waals surface area contributed by atoms with Crippen LogP contribution in [0, 0.1) is 12.8 Å². The van der Waals surface area contributed by atoms with Gasteiger partial charge in [-0.1, -0.05) is 29.8 Å². The average Bonchev–Trinajstić information content (AvgIpc) is 2.99. The largest absolute Gasteiger partial charge is 0.469 e. The van der Waals surface area contributed by atoms with Gasteiger partial charge in [-0.3, -0.25) is 9.59 Å². The Labute approximate surface area is 150 Å². The zero-order valence-electron chi connectivity index (χ0n) is 14.3. The van der Waals surface area contributed by atoms with Crippen molar-refractivity contribution in [3.05, 3.63) is 46.0 Å². The molecular formula is C18H20N2O4S. The topological polar surface area (TPSA) is 91.5 Å². The van der Waals surface area contributed by atoms with Crippen LogP contribution in [0.25, 0.3) is 0 Å². The zero-order chi connectivity index (χ0) is 18.1. The van der Waals surface area contributed by atoms with Crippen molar-refractivity contribution in [1.29, 1.82) is 0 Å². The molecule has 0 saturated heterocycles. The molecule has 1 heterocycles. The highest BCUT2D eigenvalue weighted by Gasteiger charge is 2.48. The fraction of sp³-hybridized carbons (Fsp3) is 0.389. The number of carbonyl (C=O) groups is 2. The fourth-order valence-electron chi connectivity index (χ4n) is 3.46. The van der Waals surface area contributed by atoms with E-state index >= 15 is 0 Å². The van der Waals surface area contributed by atoms with Crippen LogP contribution in [-0.2, 0) is 25.5 Å². The molecule has 0 amide bonds. The maximum Gasteiger partial charge on any atom is 0.314 e. The summed E-state index contributed by atoms with van der Waals surface area (Å²) in [5.74, 6) is -2.57. The number of esters is 2. The van der Waals surface area contributed by atoms with E-state index in [0.717, 1.165) is 16.8 Å². The number of nitrogen functional groups attached to an aromatic ring is 1. The van der Waals surface area contributed by atoms with Gasteiger partial charge in [0, 0.05) is 10.8 Å². The molecule has 1 aromatic carbocycles. The second kappa shape index (κ2) is 6.84. The summed E-state index contributed by atoms with van der Waals surface area (Å²) in [6, 6.07) is 7.93. The molecule has 0 spiro atoms. The summed E-state index contributed by atoms with van der Waals surface area (Å²) >= 11 is 1.23. The lowest BCUT2D eigenvalue weighted by atomic mass is 9.70. The summed E-state index contributed by atoms with van der Waals surface area (Å²) in [6.45, 7) is 2.00. The summed E-state index contributed by atoms with van der Waals surface area (Å²) < 4.78 is 9.99. The minimum absolute atomic E-state index is 0.230. The number of benzene rings is 1. The highest BCUT2D eigenvalue weighted by molar-refractivity contribution is 7.15. The number of methoxy groups -OCH3 is 2. The molecule has 2 aromatic rings. The summed E-state index contributed by atoms with van der Waals surface area (Å²) in [5.41, 5.74) is 8.70. The zero-order valence-corrected chi connectivity index (χ0v) is 15.1. The molecule has 0 unspecified atom stereocenters. The van der Waals surface area contributed by atoms with E-state index in [1.807, 2.05) is 31.2 Å². The van der Waals surface area contributed by atoms with Crippen molar-refractivity contribution >= 4 is 28.4 Å². The molecule has 7 heteroatoms. The molecule has 132 valence electrons. The van der Waals surface area contributed by atoms with Gasteiger partial charge in [-0.25, -0.2) is 4.98 Å². The van der Waals surface area contributed by atoms with Gasteiger partial charge < -0.3 is 15.2 Å². The predicted molar refractivity (Wildman–Crippen MR) is 94.4 cm³/mol. The van der Waals surface area contributed by atoms with Crippen molar-refractivity contribution in [3.8, 4) is 0 Å². The maximum atomic E-state index is 12.6. The lowest BCUT2D eigenvalue weighted by Gasteiger charge is -2.34. The van der Waals surface area contributed by atoms with Crippen LogP contribution in [0.2, 0.25) is 0 Å². The monoisotopic (exact) mass is 360 g/mol. The van der Waals surface area contributed by atoms with E-state index in [1.165, 1.54) is 25.6 Å². The third kappa shape index (κ3) is 3.11. The predicted octanol–water partition coefficient (Wildman–Crippen LogP) is 2.42. The highest BCUT2D eigenvalue weighted by atomic mass is 32.1. The Hall–Kier alpha value is -2.41. The van der Waals surface area contributed by atoms with Gasteiger partial charge in [0.1, 0.15) is 5.92 Å². The summed E-state index contributed by atoms with van der Waals surface area (Å²) in [7, 11) is 2.65. The van der Waals surface area contributed by atoms with Gasteiger partial charge in [0.15, 0.2) is 5.13 Å². The molecule has 0 aliphatic heterocycles. The number of thiazole rings is 1. The van der Waals surface area contributed by atoms with E-state index in [1.54, 1.807) is 0 Å². The molecule has 0 fully saturated rings. The SMILES string of the molecule is COC(=O)[C@H]1[C@H](c2ccc(C)cc2)Cc2nc(N)sc2[C@@H]1C(=O)OC. The number of nitrogens with zero attached hydrogens (tertiary/aromatic N) is 1. The van der Waals surface area contributed by atoms with Crippen LogP contribution in [0.1, 0.15) is 33.5 Å². The Bertz CT molecular complexity index is 800. The first-order valence-corrected chi connectivity index (χ1v) is 8.75. The number of nitrogens with two attached hydrogens (primary N) is 1. The Morgan fingerprint density at radius 1 is 1.16 bits per heavy atom. The van der Waals surface area contributed by atoms with E-state index in [0.29, 0.717) is 16.4 Å². The van der Waals surface area contributed by atoms with E-state index in [9.17, 15) is 9.59 Å². The number of anilines is 1. The van der Waals surface area contributed by atoms with Crippen LogP contribution in [0.15, 0.2) is 24.3 Å². The number of aromatic nitrogens is 1. The molecule has 2 N–H and O–H groups in total. The number of hydrogen-bond donors (Lipinski definition) is 1. The first kappa shape index (κ1) is 17.4. The first-order chi connectivity index (χ1) is 12.0. The third-order valence-corrected chi connectivity index (χ3v) is 5.68. The number of carbonyl (C=O) groups excluding carboxylic acids is 2. The Morgan fingerprint density at radius 3 is 2.40 bits per heavy atom. The average molecular weight is 360 g/mol. The summed E-state index contributed by atoms with van der Waals surface area (Å²) in [4.78, 5) is 30.2. The smallest absolute Gasteiger partial charge is 0.314 e. The van der Waals surface area contributed by atoms with Crippen molar-refractivity contribution in [2.45, 2.75) is 25.2 Å². The molecule has 6 nitrogen and oxygen atoms in total. The molecule has 3 atom stereocenters. The normalized spacial score (nSPS) is 22.1. The lowest BCUT2D eigenvalue weighted by molar-refractivity contribution is -0.155. The Morgan fingerprint density at radius 2 is 1.80 bits per heavy atom. The van der Waals surface area contributed by atoms with E-state index in [2.05, 4.69) is 4.98 Å². The molecule has 1 aliphatic carbocycles. The van der Waals surface area contributed by atoms with Crippen molar-refractivity contribution < 1.29 is 19.1 Å². The van der Waals surface area contributed by atoms with Crippen LogP contribution < -0.4 is 5.73 Å². The van der Waals surface area contributed by atoms with Gasteiger partial charge in [0.2, 0.25) is 0 Å². The molecule has 0 radical (unpaired) electrons. The van der Waals surface area contributed by atoms with E-state index in [-0.39, 0.29) is 5.92 Å². The van der Waals surface area contributed by atoms with Gasteiger partial charge >= 0.3 is 11.9 Å². The van der Waals surface area contributed by atoms with Crippen molar-refractivity contribution in [1.82, 2.24) is 4.98 Å². The quantitative estimate of drug-likeness (QED) is 0.845. The van der Waals surface area contributed by atoms with Crippen LogP contribution in [0.5, 0.6) is 0 Å². The molecule has 25 heavy (non-hydrogen) atoms. The van der Waals surface area contributed by atoms with Gasteiger partial charge in [-0.2, -0.15) is 0 Å². The van der Waals surface area contributed by atoms with E-state index in [4.69, 9.17) is 15.2 Å². The second-order valence-corrected chi connectivity index (χ2v) is 7.20. The fourth-order valence-corrected chi connectivity index (χ4v) is 4.46. The highest BCUT2D eigenvalue weighted by Crippen LogP contribution is 2.48. The molecular weight excluding hydrogens is 340 g/mol. The van der Waals surface area contributed by atoms with Crippen LogP contribution in [0.3, 0.4) is 0 Å². The van der Waals surface area contributed by atoms with Crippen LogP contribution in [0.4, 0.5) is 5.13 Å². The van der Waals surface area contributed by atoms with Gasteiger partial charge in [0.25, 0.3) is 0 Å². The minimum atomic E-state index is -0.762. The van der Waals surface area contributed by atoms with Crippen LogP contribution in [-0.4, -0.2) is 31.1 Å². The second-order valence-electron chi connectivity index (χ2n) is 6.13. The van der Waals surface area contributed by atoms with Gasteiger partial charge in [0.05, 0.1) is 25.8 Å². The minimum Gasteiger partial charge on any atom is -0.469 e. The standard InChI is InChI=1S/C18H20N2O4S/c1-9-4-6-10(7-5-9)11-8-12-15(25-18(19)20-12)14(17(22)24-3)13(11)16(21)23-2/h4-7,11,13-14H,8H2,1-3H3,(H2,19,20)/t11-,13-,14+/m0/s1. The van der Waals surface area contributed by atoms with Crippen LogP contribution >= 0.6 is 11.3 Å². The molecule has 0 saturated carbocycles. The third-order valence-electron chi connectivity index (χ3n) is 4.67. The Balaban J connectivity index is 2.15. The number of fused-ring (bicyclic) bond motifs is 1. The molecule has 3 rings (SSSR count). The Kier molecular flexibility index (Phi) is 4.76. The molecule has 1 aromatic heterocycles. The maximum absolute atomic E-state index is 12.6. The number of aryl methyl sites for hydroxylation is 1. The number of hydrogen-bond acceptors (Lipinski definition) is 7. The summed E-state index contributed by atoms with van der Waals surface area (Å²) in [5, 5.41) is 0.382. The summed E-state index contributed by atoms with van der Waals surface area (Å²) in [6.07, 6.45) is 0.527. The lowest BCUT2D eigenvalue weighted by Crippen LogP contribution is -2.38. The molecule has 0 bridgehead atoms. The first-order valence-electron chi connectivity index (χ1n) is 7.93. The number of ether oxygens (including phenoxy) is 2. The van der Waals surface area contributed by atoms with Gasteiger partial charge in [-0.15, -0.1) is 11.3 Å². The molecule has 1 aliphatic rings. The van der Waals surface area contributed by atoms with Crippen molar-refractivity contribution in [2.75, 3.05) is 20.0 Å². The van der Waals surface area contributed by atoms with Crippen molar-refractivity contribution in [2.24, 2.45) is 5.92 Å². The van der Waals surface area contributed by atoms with Crippen molar-refractivity contribution in [3.63, 3.8) is 0 Å². The number of rotatable bonds is 3. The van der Waals surface area contributed by atoms with Gasteiger partial charge in [-0.05, 0) is 18.9 Å². The van der Waals surface area contributed by atoms with E-state index < -0.39 is 23.8 Å².